The lowest BCUT2D eigenvalue weighted by Crippen LogP contribution is -2.51. The fourth-order valence-corrected chi connectivity index (χ4v) is 3.19. The molecule has 2 rings (SSSR count). The number of carbonyl (C=O) groups excluding carboxylic acids is 2. The Kier molecular flexibility index (Phi) is 5.00. The molecule has 1 atom stereocenters. The predicted molar refractivity (Wildman–Crippen MR) is 83.9 cm³/mol. The Hall–Kier alpha value is -1.40. The van der Waals surface area contributed by atoms with Gasteiger partial charge in [-0.15, -0.1) is 0 Å². The summed E-state index contributed by atoms with van der Waals surface area (Å²) in [5, 5.41) is 0.338. The van der Waals surface area contributed by atoms with Crippen molar-refractivity contribution in [3.8, 4) is 0 Å². The summed E-state index contributed by atoms with van der Waals surface area (Å²) in [6, 6.07) is 3.26. The van der Waals surface area contributed by atoms with Crippen LogP contribution in [0.3, 0.4) is 0 Å². The Morgan fingerprint density at radius 3 is 2.76 bits per heavy atom. The lowest BCUT2D eigenvalue weighted by Gasteiger charge is -2.41. The van der Waals surface area contributed by atoms with Gasteiger partial charge in [-0.05, 0) is 39.7 Å². The van der Waals surface area contributed by atoms with E-state index in [0.717, 1.165) is 5.56 Å². The van der Waals surface area contributed by atoms with Crippen molar-refractivity contribution in [2.45, 2.75) is 13.0 Å². The Morgan fingerprint density at radius 2 is 2.19 bits per heavy atom. The van der Waals surface area contributed by atoms with Crippen LogP contribution in [0.5, 0.6) is 0 Å². The lowest BCUT2D eigenvalue weighted by molar-refractivity contribution is -0.139. The monoisotopic (exact) mass is 371 g/mol. The fraction of sp³-hybridized carbons (Fsp3) is 0.357. The van der Waals surface area contributed by atoms with Crippen LogP contribution in [-0.2, 0) is 9.59 Å². The molecule has 0 spiro atoms. The van der Waals surface area contributed by atoms with Gasteiger partial charge in [0.05, 0.1) is 6.04 Å². The van der Waals surface area contributed by atoms with Gasteiger partial charge in [0.25, 0.3) is 0 Å². The van der Waals surface area contributed by atoms with E-state index in [1.807, 2.05) is 6.07 Å². The summed E-state index contributed by atoms with van der Waals surface area (Å²) in [5.41, 5.74) is 0.836. The van der Waals surface area contributed by atoms with Crippen LogP contribution in [0.2, 0.25) is 5.15 Å². The summed E-state index contributed by atoms with van der Waals surface area (Å²) in [7, 11) is 0. The minimum Gasteiger partial charge on any atom is -0.339 e. The molecule has 1 saturated heterocycles. The molecule has 112 valence electrons. The molecule has 7 heteroatoms. The van der Waals surface area contributed by atoms with E-state index >= 15 is 0 Å². The van der Waals surface area contributed by atoms with Gasteiger partial charge >= 0.3 is 0 Å². The van der Waals surface area contributed by atoms with Gasteiger partial charge < -0.3 is 9.80 Å². The Bertz CT molecular complexity index is 573. The van der Waals surface area contributed by atoms with Gasteiger partial charge in [0.2, 0.25) is 11.8 Å². The van der Waals surface area contributed by atoms with E-state index in [1.165, 1.54) is 13.0 Å². The third kappa shape index (κ3) is 3.63. The minimum atomic E-state index is -0.259. The molecule has 2 amide bonds. The standard InChI is InChI=1S/C14H15BrClN3O2/c1-3-14(21)19-5-4-18(9(2)20)8-11(19)10-6-12(15)17-13(16)7-10/h3,6-7,11H,1,4-5,8H2,2H3/t11-/m1/s1. The van der Waals surface area contributed by atoms with E-state index < -0.39 is 0 Å². The zero-order valence-corrected chi connectivity index (χ0v) is 13.9. The van der Waals surface area contributed by atoms with E-state index in [-0.39, 0.29) is 17.9 Å². The van der Waals surface area contributed by atoms with Crippen LogP contribution < -0.4 is 0 Å². The maximum atomic E-state index is 12.0. The van der Waals surface area contributed by atoms with E-state index in [0.29, 0.717) is 29.4 Å². The van der Waals surface area contributed by atoms with Crippen LogP contribution in [0.1, 0.15) is 18.5 Å². The molecule has 1 aromatic rings. The van der Waals surface area contributed by atoms with Crippen molar-refractivity contribution >= 4 is 39.3 Å². The number of rotatable bonds is 2. The topological polar surface area (TPSA) is 53.5 Å². The first kappa shape index (κ1) is 16.0. The Balaban J connectivity index is 2.38. The molecule has 0 bridgehead atoms. The van der Waals surface area contributed by atoms with Crippen molar-refractivity contribution in [1.82, 2.24) is 14.8 Å². The molecule has 21 heavy (non-hydrogen) atoms. The molecule has 0 unspecified atom stereocenters. The molecule has 1 fully saturated rings. The van der Waals surface area contributed by atoms with Crippen molar-refractivity contribution < 1.29 is 9.59 Å². The molecular weight excluding hydrogens is 358 g/mol. The molecule has 1 aliphatic rings. The van der Waals surface area contributed by atoms with Crippen LogP contribution in [-0.4, -0.2) is 46.2 Å². The number of aromatic nitrogens is 1. The van der Waals surface area contributed by atoms with E-state index in [4.69, 9.17) is 11.6 Å². The van der Waals surface area contributed by atoms with Crippen LogP contribution in [0.4, 0.5) is 0 Å². The smallest absolute Gasteiger partial charge is 0.246 e. The molecule has 1 aliphatic heterocycles. The Morgan fingerprint density at radius 1 is 1.48 bits per heavy atom. The number of halogens is 2. The number of piperazine rings is 1. The first-order chi connectivity index (χ1) is 9.92. The van der Waals surface area contributed by atoms with Gasteiger partial charge in [-0.1, -0.05) is 18.2 Å². The molecule has 0 N–H and O–H groups in total. The van der Waals surface area contributed by atoms with Crippen LogP contribution in [0.25, 0.3) is 0 Å². The average Bonchev–Trinajstić information content (AvgIpc) is 2.44. The van der Waals surface area contributed by atoms with Gasteiger partial charge in [0.15, 0.2) is 0 Å². The highest BCUT2D eigenvalue weighted by atomic mass is 79.9. The Labute approximate surface area is 136 Å². The van der Waals surface area contributed by atoms with Gasteiger partial charge in [-0.3, -0.25) is 9.59 Å². The molecule has 1 aromatic heterocycles. The normalized spacial score (nSPS) is 18.5. The summed E-state index contributed by atoms with van der Waals surface area (Å²) in [4.78, 5) is 31.1. The second-order valence-corrected chi connectivity index (χ2v) is 5.96. The molecule has 0 aromatic carbocycles. The minimum absolute atomic E-state index is 0.00933. The molecular formula is C14H15BrClN3O2. The van der Waals surface area contributed by atoms with Crippen LogP contribution in [0, 0.1) is 0 Å². The molecule has 0 saturated carbocycles. The maximum absolute atomic E-state index is 12.0. The molecule has 0 radical (unpaired) electrons. The highest BCUT2D eigenvalue weighted by Crippen LogP contribution is 2.29. The van der Waals surface area contributed by atoms with Crippen molar-refractivity contribution in [1.29, 1.82) is 0 Å². The lowest BCUT2D eigenvalue weighted by atomic mass is 10.0. The zero-order valence-electron chi connectivity index (χ0n) is 11.6. The van der Waals surface area contributed by atoms with Gasteiger partial charge in [0, 0.05) is 26.6 Å². The third-order valence-electron chi connectivity index (χ3n) is 3.45. The number of amides is 2. The molecule has 0 aliphatic carbocycles. The van der Waals surface area contributed by atoms with Crippen LogP contribution in [0.15, 0.2) is 29.4 Å². The predicted octanol–water partition coefficient (Wildman–Crippen LogP) is 2.42. The SMILES string of the molecule is C=CC(=O)N1CCN(C(C)=O)C[C@@H]1c1cc(Cl)nc(Br)c1. The van der Waals surface area contributed by atoms with Crippen molar-refractivity contribution in [3.63, 3.8) is 0 Å². The number of hydrogen-bond donors (Lipinski definition) is 0. The highest BCUT2D eigenvalue weighted by Gasteiger charge is 2.31. The first-order valence-corrected chi connectivity index (χ1v) is 7.61. The second-order valence-electron chi connectivity index (χ2n) is 4.76. The van der Waals surface area contributed by atoms with E-state index in [2.05, 4.69) is 27.5 Å². The average molecular weight is 373 g/mol. The quantitative estimate of drug-likeness (QED) is 0.592. The van der Waals surface area contributed by atoms with Crippen molar-refractivity contribution in [2.24, 2.45) is 0 Å². The van der Waals surface area contributed by atoms with Gasteiger partial charge in [-0.25, -0.2) is 4.98 Å². The highest BCUT2D eigenvalue weighted by molar-refractivity contribution is 9.10. The summed E-state index contributed by atoms with van der Waals surface area (Å²) in [5.74, 6) is -0.169. The summed E-state index contributed by atoms with van der Waals surface area (Å²) < 4.78 is 0.593. The number of nitrogens with zero attached hydrogens (tertiary/aromatic N) is 3. The van der Waals surface area contributed by atoms with E-state index in [9.17, 15) is 9.59 Å². The molecule has 5 nitrogen and oxygen atoms in total. The first-order valence-electron chi connectivity index (χ1n) is 6.44. The largest absolute Gasteiger partial charge is 0.339 e. The van der Waals surface area contributed by atoms with E-state index in [1.54, 1.807) is 15.9 Å². The van der Waals surface area contributed by atoms with Crippen LogP contribution >= 0.6 is 27.5 Å². The third-order valence-corrected chi connectivity index (χ3v) is 4.05. The number of hydrogen-bond acceptors (Lipinski definition) is 3. The number of carbonyl (C=O) groups is 2. The van der Waals surface area contributed by atoms with Crippen molar-refractivity contribution in [2.75, 3.05) is 19.6 Å². The second kappa shape index (κ2) is 6.58. The summed E-state index contributed by atoms with van der Waals surface area (Å²) >= 11 is 9.28. The maximum Gasteiger partial charge on any atom is 0.246 e. The zero-order chi connectivity index (χ0) is 15.6. The van der Waals surface area contributed by atoms with Gasteiger partial charge in [0.1, 0.15) is 9.76 Å². The van der Waals surface area contributed by atoms with Gasteiger partial charge in [-0.2, -0.15) is 0 Å². The summed E-state index contributed by atoms with van der Waals surface area (Å²) in [6.45, 7) is 6.48. The summed E-state index contributed by atoms with van der Waals surface area (Å²) in [6.07, 6.45) is 1.29. The number of pyridine rings is 1. The van der Waals surface area contributed by atoms with Crippen molar-refractivity contribution in [3.05, 3.63) is 40.1 Å². The fourth-order valence-electron chi connectivity index (χ4n) is 2.41. The molecule has 2 heterocycles.